The van der Waals surface area contributed by atoms with Gasteiger partial charge >= 0.3 is 12.1 Å². The van der Waals surface area contributed by atoms with E-state index in [0.29, 0.717) is 30.2 Å². The molecule has 1 saturated heterocycles. The number of hydrogen-bond acceptors (Lipinski definition) is 6. The Kier molecular flexibility index (Phi) is 10.4. The zero-order valence-electron chi connectivity index (χ0n) is 24.4. The highest BCUT2D eigenvalue weighted by molar-refractivity contribution is 5.80. The molecule has 2 heterocycles. The Morgan fingerprint density at radius 3 is 2.16 bits per heavy atom. The zero-order valence-corrected chi connectivity index (χ0v) is 24.4. The first-order valence-corrected chi connectivity index (χ1v) is 14.5. The number of piperidine rings is 1. The van der Waals surface area contributed by atoms with Gasteiger partial charge < -0.3 is 14.5 Å². The molecule has 4 rings (SSSR count). The summed E-state index contributed by atoms with van der Waals surface area (Å²) in [5.41, 5.74) is 2.35. The lowest BCUT2D eigenvalue weighted by molar-refractivity contribution is -1.08. The number of carbonyl (C=O) groups excluding carboxylic acids is 3. The van der Waals surface area contributed by atoms with Gasteiger partial charge in [-0.1, -0.05) is 73.5 Å². The number of quaternary nitrogens is 1. The Balaban J connectivity index is 1.53. The highest BCUT2D eigenvalue weighted by Gasteiger charge is 2.48. The normalized spacial score (nSPS) is 19.4. The van der Waals surface area contributed by atoms with Crippen LogP contribution in [0.1, 0.15) is 63.8 Å². The first-order chi connectivity index (χ1) is 20.4. The van der Waals surface area contributed by atoms with E-state index < -0.39 is 28.8 Å². The minimum atomic E-state index is -5.08. The predicted octanol–water partition coefficient (Wildman–Crippen LogP) is 6.58. The number of Topliss-reactive ketones (excluding diaryl/α,β-unsaturated/α-hetero) is 1. The minimum absolute atomic E-state index is 0.0743. The van der Waals surface area contributed by atoms with Crippen molar-refractivity contribution in [1.82, 2.24) is 10.3 Å². The van der Waals surface area contributed by atoms with Gasteiger partial charge in [-0.2, -0.15) is 13.2 Å². The summed E-state index contributed by atoms with van der Waals surface area (Å²) in [5.74, 6) is -1.92. The SMILES string of the molecule is CC(=O)CCCCCC(NC(=O)C1CC[N+](C)(OC(=O)C(F)(F)F)CC1)c1nc(-c2ccccc2)c(-c2ccccc2)o1. The van der Waals surface area contributed by atoms with Crippen LogP contribution in [0.4, 0.5) is 13.2 Å². The number of aromatic nitrogens is 1. The van der Waals surface area contributed by atoms with Gasteiger partial charge in [-0.15, -0.1) is 4.65 Å². The quantitative estimate of drug-likeness (QED) is 0.186. The first-order valence-electron chi connectivity index (χ1n) is 14.5. The third-order valence-electron chi connectivity index (χ3n) is 7.67. The van der Waals surface area contributed by atoms with Crippen LogP contribution >= 0.6 is 0 Å². The predicted molar refractivity (Wildman–Crippen MR) is 153 cm³/mol. The largest absolute Gasteiger partial charge is 0.497 e. The third-order valence-corrected chi connectivity index (χ3v) is 7.67. The lowest BCUT2D eigenvalue weighted by Gasteiger charge is -2.36. The number of likely N-dealkylation sites (tertiary alicyclic amines) is 1. The Morgan fingerprint density at radius 1 is 0.977 bits per heavy atom. The van der Waals surface area contributed by atoms with Gasteiger partial charge in [0, 0.05) is 36.3 Å². The number of halogens is 3. The Hall–Kier alpha value is -3.99. The number of unbranched alkanes of at least 4 members (excludes halogenated alkanes) is 2. The van der Waals surface area contributed by atoms with Gasteiger partial charge in [-0.05, 0) is 19.8 Å². The summed E-state index contributed by atoms with van der Waals surface area (Å²) in [6, 6.07) is 18.6. The Labute approximate surface area is 248 Å². The zero-order chi connectivity index (χ0) is 31.0. The van der Waals surface area contributed by atoms with Gasteiger partial charge in [0.15, 0.2) is 5.76 Å². The van der Waals surface area contributed by atoms with E-state index in [1.807, 2.05) is 60.7 Å². The van der Waals surface area contributed by atoms with Crippen molar-refractivity contribution in [2.24, 2.45) is 5.92 Å². The number of amides is 1. The van der Waals surface area contributed by atoms with E-state index in [-0.39, 0.29) is 37.6 Å². The molecule has 1 N–H and O–H groups in total. The maximum atomic E-state index is 13.5. The molecule has 0 radical (unpaired) electrons. The number of hydrogen-bond donors (Lipinski definition) is 1. The van der Waals surface area contributed by atoms with Gasteiger partial charge in [0.25, 0.3) is 0 Å². The standard InChI is InChI=1S/C32H36F3N3O5/c1-22(39)12-6-3-11-17-26(36-29(40)25-18-20-38(2,21-19-25)43-31(41)32(33,34)35)30-37-27(23-13-7-4-8-14-23)28(42-30)24-15-9-5-10-16-24/h4-5,7-10,13-16,25-26H,3,6,11-12,17-21H2,1-2H3/p+1. The van der Waals surface area contributed by atoms with Gasteiger partial charge in [-0.3, -0.25) is 9.63 Å². The number of nitrogens with one attached hydrogen (secondary N) is 1. The molecule has 11 heteroatoms. The van der Waals surface area contributed by atoms with Gasteiger partial charge in [0.1, 0.15) is 37.7 Å². The summed E-state index contributed by atoms with van der Waals surface area (Å²) in [6.45, 7) is 1.71. The average molecular weight is 601 g/mol. The number of nitrogens with zero attached hydrogens (tertiary/aromatic N) is 2. The van der Waals surface area contributed by atoms with Crippen LogP contribution in [-0.2, 0) is 19.2 Å². The lowest BCUT2D eigenvalue weighted by Crippen LogP contribution is -2.54. The molecular weight excluding hydrogens is 563 g/mol. The highest BCUT2D eigenvalue weighted by atomic mass is 19.4. The molecule has 1 atom stereocenters. The van der Waals surface area contributed by atoms with Crippen molar-refractivity contribution >= 4 is 17.7 Å². The van der Waals surface area contributed by atoms with Gasteiger partial charge in [-0.25, -0.2) is 9.78 Å². The molecule has 1 fully saturated rings. The Morgan fingerprint density at radius 2 is 1.58 bits per heavy atom. The van der Waals surface area contributed by atoms with E-state index in [0.717, 1.165) is 30.4 Å². The molecule has 1 amide bonds. The van der Waals surface area contributed by atoms with Crippen LogP contribution in [0.15, 0.2) is 65.1 Å². The molecule has 1 aliphatic rings. The first kappa shape index (κ1) is 31.9. The fourth-order valence-corrected chi connectivity index (χ4v) is 5.23. The molecule has 0 aliphatic carbocycles. The molecular formula is C32H37F3N3O5+. The van der Waals surface area contributed by atoms with E-state index in [1.165, 1.54) is 7.05 Å². The summed E-state index contributed by atoms with van der Waals surface area (Å²) in [6.07, 6.45) is -1.34. The number of rotatable bonds is 12. The van der Waals surface area contributed by atoms with E-state index in [1.54, 1.807) is 6.92 Å². The molecule has 43 heavy (non-hydrogen) atoms. The van der Waals surface area contributed by atoms with Crippen molar-refractivity contribution in [3.8, 4) is 22.6 Å². The van der Waals surface area contributed by atoms with Crippen LogP contribution in [0.5, 0.6) is 0 Å². The second-order valence-corrected chi connectivity index (χ2v) is 11.2. The van der Waals surface area contributed by atoms with Gasteiger partial charge in [0.05, 0.1) is 0 Å². The summed E-state index contributed by atoms with van der Waals surface area (Å²) in [4.78, 5) is 45.8. The van der Waals surface area contributed by atoms with E-state index >= 15 is 0 Å². The minimum Gasteiger partial charge on any atom is -0.438 e. The smallest absolute Gasteiger partial charge is 0.438 e. The summed E-state index contributed by atoms with van der Waals surface area (Å²) in [7, 11) is 1.41. The van der Waals surface area contributed by atoms with Crippen molar-refractivity contribution in [2.45, 2.75) is 64.1 Å². The second-order valence-electron chi connectivity index (χ2n) is 11.2. The topological polar surface area (TPSA) is 98.5 Å². The maximum Gasteiger partial charge on any atom is 0.497 e. The fourth-order valence-electron chi connectivity index (χ4n) is 5.23. The number of carbonyl (C=O) groups is 3. The average Bonchev–Trinajstić information content (AvgIpc) is 3.42. The second kappa shape index (κ2) is 14.0. The summed E-state index contributed by atoms with van der Waals surface area (Å²) < 4.78 is 44.0. The van der Waals surface area contributed by atoms with Crippen LogP contribution in [0.25, 0.3) is 22.6 Å². The molecule has 2 aromatic carbocycles. The third kappa shape index (κ3) is 8.76. The molecule has 1 unspecified atom stereocenters. The summed E-state index contributed by atoms with van der Waals surface area (Å²) in [5, 5.41) is 3.08. The van der Waals surface area contributed by atoms with Crippen molar-refractivity contribution in [2.75, 3.05) is 20.1 Å². The van der Waals surface area contributed by atoms with Crippen LogP contribution in [-0.4, -0.2) is 53.6 Å². The molecule has 0 saturated carbocycles. The van der Waals surface area contributed by atoms with Crippen LogP contribution in [0.2, 0.25) is 0 Å². The molecule has 8 nitrogen and oxygen atoms in total. The number of hydroxylamine groups is 3. The molecule has 1 aliphatic heterocycles. The number of alkyl halides is 3. The maximum absolute atomic E-state index is 13.5. The van der Waals surface area contributed by atoms with Crippen LogP contribution < -0.4 is 5.32 Å². The number of ketones is 1. The highest BCUT2D eigenvalue weighted by Crippen LogP contribution is 2.36. The summed E-state index contributed by atoms with van der Waals surface area (Å²) >= 11 is 0. The molecule has 0 bridgehead atoms. The molecule has 3 aromatic rings. The lowest BCUT2D eigenvalue weighted by atomic mass is 9.95. The van der Waals surface area contributed by atoms with Crippen molar-refractivity contribution in [3.63, 3.8) is 0 Å². The molecule has 230 valence electrons. The van der Waals surface area contributed by atoms with E-state index in [4.69, 9.17) is 14.2 Å². The number of oxazole rings is 1. The van der Waals surface area contributed by atoms with Gasteiger partial charge in [0.2, 0.25) is 11.8 Å². The number of benzene rings is 2. The molecule has 0 spiro atoms. The monoisotopic (exact) mass is 600 g/mol. The fraction of sp³-hybridized carbons (Fsp3) is 0.438. The van der Waals surface area contributed by atoms with Crippen molar-refractivity contribution < 1.29 is 41.5 Å². The van der Waals surface area contributed by atoms with E-state index in [2.05, 4.69) is 5.32 Å². The van der Waals surface area contributed by atoms with Crippen LogP contribution in [0, 0.1) is 5.92 Å². The van der Waals surface area contributed by atoms with E-state index in [9.17, 15) is 27.6 Å². The van der Waals surface area contributed by atoms with Crippen molar-refractivity contribution in [1.29, 1.82) is 0 Å². The van der Waals surface area contributed by atoms with Crippen LogP contribution in [0.3, 0.4) is 0 Å². The Bertz CT molecular complexity index is 1330. The van der Waals surface area contributed by atoms with Crippen molar-refractivity contribution in [3.05, 3.63) is 66.6 Å². The molecule has 1 aromatic heterocycles.